The van der Waals surface area contributed by atoms with Crippen molar-refractivity contribution in [2.75, 3.05) is 0 Å². The largest absolute Gasteiger partial charge is 0.368 e. The fourth-order valence-corrected chi connectivity index (χ4v) is 2.18. The molecule has 0 aromatic heterocycles. The predicted octanol–water partition coefficient (Wildman–Crippen LogP) is 1.44. The summed E-state index contributed by atoms with van der Waals surface area (Å²) < 4.78 is 0. The minimum absolute atomic E-state index is 0.208. The highest BCUT2D eigenvalue weighted by atomic mass is 16.2. The molecule has 2 amide bonds. The van der Waals surface area contributed by atoms with Gasteiger partial charge in [-0.3, -0.25) is 9.59 Å². The standard InChI is InChI=1S/C12H24N2O2/c1-8(2)6-12(11(13)16,7-9(3)4)14-10(5)15/h8-9H,6-7H2,1-5H3,(H2,13,16)(H,14,15). The van der Waals surface area contributed by atoms with Crippen molar-refractivity contribution in [3.63, 3.8) is 0 Å². The molecule has 0 atom stereocenters. The summed E-state index contributed by atoms with van der Waals surface area (Å²) in [5, 5.41) is 2.74. The summed E-state index contributed by atoms with van der Waals surface area (Å²) in [6, 6.07) is 0. The van der Waals surface area contributed by atoms with Crippen LogP contribution in [0.2, 0.25) is 0 Å². The van der Waals surface area contributed by atoms with Crippen molar-refractivity contribution >= 4 is 11.8 Å². The molecule has 0 bridgehead atoms. The van der Waals surface area contributed by atoms with Gasteiger partial charge in [0.25, 0.3) is 0 Å². The summed E-state index contributed by atoms with van der Waals surface area (Å²) in [7, 11) is 0. The summed E-state index contributed by atoms with van der Waals surface area (Å²) in [5.41, 5.74) is 4.57. The monoisotopic (exact) mass is 228 g/mol. The first-order valence-electron chi connectivity index (χ1n) is 5.78. The molecule has 0 aliphatic carbocycles. The molecule has 4 nitrogen and oxygen atoms in total. The lowest BCUT2D eigenvalue weighted by molar-refractivity contribution is -0.132. The smallest absolute Gasteiger partial charge is 0.243 e. The third kappa shape index (κ3) is 4.64. The van der Waals surface area contributed by atoms with Gasteiger partial charge in [0.15, 0.2) is 0 Å². The lowest BCUT2D eigenvalue weighted by Crippen LogP contribution is -2.58. The van der Waals surface area contributed by atoms with E-state index in [1.807, 2.05) is 27.7 Å². The Labute approximate surface area is 98.0 Å². The van der Waals surface area contributed by atoms with E-state index in [2.05, 4.69) is 5.32 Å². The minimum Gasteiger partial charge on any atom is -0.368 e. The van der Waals surface area contributed by atoms with Crippen LogP contribution in [0.1, 0.15) is 47.5 Å². The number of amides is 2. The summed E-state index contributed by atoms with van der Waals surface area (Å²) in [6.07, 6.45) is 1.17. The molecule has 0 saturated heterocycles. The van der Waals surface area contributed by atoms with Crippen molar-refractivity contribution in [1.29, 1.82) is 0 Å². The van der Waals surface area contributed by atoms with Crippen molar-refractivity contribution in [2.24, 2.45) is 17.6 Å². The lowest BCUT2D eigenvalue weighted by atomic mass is 9.81. The Balaban J connectivity index is 5.03. The van der Waals surface area contributed by atoms with Crippen LogP contribution in [0.15, 0.2) is 0 Å². The molecule has 0 spiro atoms. The Morgan fingerprint density at radius 1 is 1.12 bits per heavy atom. The molecule has 0 fully saturated rings. The molecule has 0 saturated carbocycles. The molecule has 0 aliphatic heterocycles. The van der Waals surface area contributed by atoms with Gasteiger partial charge in [-0.05, 0) is 24.7 Å². The van der Waals surface area contributed by atoms with E-state index >= 15 is 0 Å². The van der Waals surface area contributed by atoms with Crippen LogP contribution in [0.5, 0.6) is 0 Å². The quantitative estimate of drug-likeness (QED) is 0.722. The maximum Gasteiger partial charge on any atom is 0.243 e. The zero-order valence-electron chi connectivity index (χ0n) is 11.0. The predicted molar refractivity (Wildman–Crippen MR) is 64.7 cm³/mol. The van der Waals surface area contributed by atoms with E-state index in [0.717, 1.165) is 0 Å². The van der Waals surface area contributed by atoms with E-state index in [9.17, 15) is 9.59 Å². The number of primary amides is 1. The molecule has 0 aromatic rings. The maximum absolute atomic E-state index is 11.6. The average molecular weight is 228 g/mol. The van der Waals surface area contributed by atoms with E-state index in [0.29, 0.717) is 24.7 Å². The SMILES string of the molecule is CC(=O)NC(CC(C)C)(CC(C)C)C(N)=O. The highest BCUT2D eigenvalue weighted by Crippen LogP contribution is 2.24. The van der Waals surface area contributed by atoms with Crippen molar-refractivity contribution in [3.05, 3.63) is 0 Å². The first kappa shape index (κ1) is 14.9. The molecule has 0 radical (unpaired) electrons. The van der Waals surface area contributed by atoms with Crippen LogP contribution in [-0.2, 0) is 9.59 Å². The highest BCUT2D eigenvalue weighted by molar-refractivity contribution is 5.89. The fraction of sp³-hybridized carbons (Fsp3) is 0.833. The van der Waals surface area contributed by atoms with Crippen LogP contribution >= 0.6 is 0 Å². The molecule has 94 valence electrons. The number of nitrogens with two attached hydrogens (primary N) is 1. The summed E-state index contributed by atoms with van der Waals surface area (Å²) >= 11 is 0. The number of nitrogens with one attached hydrogen (secondary N) is 1. The lowest BCUT2D eigenvalue weighted by Gasteiger charge is -2.34. The normalized spacial score (nSPS) is 11.9. The van der Waals surface area contributed by atoms with Gasteiger partial charge in [-0.1, -0.05) is 27.7 Å². The third-order valence-corrected chi connectivity index (χ3v) is 2.40. The number of rotatable bonds is 6. The van der Waals surface area contributed by atoms with Crippen molar-refractivity contribution in [3.8, 4) is 0 Å². The molecule has 3 N–H and O–H groups in total. The van der Waals surface area contributed by atoms with Crippen LogP contribution in [-0.4, -0.2) is 17.4 Å². The molecule has 0 aromatic carbocycles. The molecule has 4 heteroatoms. The van der Waals surface area contributed by atoms with Gasteiger partial charge >= 0.3 is 0 Å². The van der Waals surface area contributed by atoms with Crippen LogP contribution in [0.25, 0.3) is 0 Å². The van der Waals surface area contributed by atoms with Crippen LogP contribution in [0, 0.1) is 11.8 Å². The average Bonchev–Trinajstić information content (AvgIpc) is 1.98. The second kappa shape index (κ2) is 5.87. The third-order valence-electron chi connectivity index (χ3n) is 2.40. The van der Waals surface area contributed by atoms with Crippen LogP contribution < -0.4 is 11.1 Å². The zero-order chi connectivity index (χ0) is 12.9. The van der Waals surface area contributed by atoms with E-state index in [1.165, 1.54) is 6.92 Å². The fourth-order valence-electron chi connectivity index (χ4n) is 2.18. The zero-order valence-corrected chi connectivity index (χ0v) is 11.0. The van der Waals surface area contributed by atoms with Crippen molar-refractivity contribution < 1.29 is 9.59 Å². The highest BCUT2D eigenvalue weighted by Gasteiger charge is 2.38. The van der Waals surface area contributed by atoms with Gasteiger partial charge in [0.2, 0.25) is 11.8 Å². The molecule has 0 aliphatic rings. The Bertz CT molecular complexity index is 250. The van der Waals surface area contributed by atoms with E-state index in [4.69, 9.17) is 5.73 Å². The first-order chi connectivity index (χ1) is 7.19. The molecular weight excluding hydrogens is 204 g/mol. The van der Waals surface area contributed by atoms with Gasteiger partial charge < -0.3 is 11.1 Å². The minimum atomic E-state index is -0.895. The summed E-state index contributed by atoms with van der Waals surface area (Å²) in [4.78, 5) is 22.8. The van der Waals surface area contributed by atoms with Gasteiger partial charge in [0.1, 0.15) is 5.54 Å². The van der Waals surface area contributed by atoms with Crippen molar-refractivity contribution in [1.82, 2.24) is 5.32 Å². The number of hydrogen-bond acceptors (Lipinski definition) is 2. The summed E-state index contributed by atoms with van der Waals surface area (Å²) in [5.74, 6) is -0.0404. The van der Waals surface area contributed by atoms with Gasteiger partial charge in [0.05, 0.1) is 0 Å². The number of carbonyl (C=O) groups excluding carboxylic acids is 2. The number of carbonyl (C=O) groups is 2. The molecule has 16 heavy (non-hydrogen) atoms. The van der Waals surface area contributed by atoms with Crippen LogP contribution in [0.3, 0.4) is 0 Å². The first-order valence-corrected chi connectivity index (χ1v) is 5.78. The second-order valence-corrected chi connectivity index (χ2v) is 5.32. The molecule has 0 rings (SSSR count). The Morgan fingerprint density at radius 2 is 1.50 bits per heavy atom. The van der Waals surface area contributed by atoms with Gasteiger partial charge in [0, 0.05) is 6.92 Å². The molecule has 0 heterocycles. The Hall–Kier alpha value is -1.06. The number of hydrogen-bond donors (Lipinski definition) is 2. The summed E-state index contributed by atoms with van der Waals surface area (Å²) in [6.45, 7) is 9.47. The van der Waals surface area contributed by atoms with Gasteiger partial charge in [-0.2, -0.15) is 0 Å². The second-order valence-electron chi connectivity index (χ2n) is 5.32. The van der Waals surface area contributed by atoms with Crippen molar-refractivity contribution in [2.45, 2.75) is 53.0 Å². The van der Waals surface area contributed by atoms with E-state index in [-0.39, 0.29) is 5.91 Å². The Kier molecular flexibility index (Phi) is 5.48. The van der Waals surface area contributed by atoms with Crippen LogP contribution in [0.4, 0.5) is 0 Å². The van der Waals surface area contributed by atoms with Gasteiger partial charge in [-0.25, -0.2) is 0 Å². The van der Waals surface area contributed by atoms with E-state index < -0.39 is 11.4 Å². The Morgan fingerprint density at radius 3 is 1.69 bits per heavy atom. The maximum atomic E-state index is 11.6. The topological polar surface area (TPSA) is 72.2 Å². The van der Waals surface area contributed by atoms with Gasteiger partial charge in [-0.15, -0.1) is 0 Å². The van der Waals surface area contributed by atoms with E-state index in [1.54, 1.807) is 0 Å². The molecule has 0 unspecified atom stereocenters. The molecular formula is C12H24N2O2.